The van der Waals surface area contributed by atoms with Gasteiger partial charge >= 0.3 is 0 Å². The molecular weight excluding hydrogens is 231 g/mol. The summed E-state index contributed by atoms with van der Waals surface area (Å²) in [7, 11) is 3.69. The Balaban J connectivity index is 2.28. The van der Waals surface area contributed by atoms with Crippen LogP contribution in [0.25, 0.3) is 0 Å². The van der Waals surface area contributed by atoms with Crippen molar-refractivity contribution in [3.8, 4) is 0 Å². The summed E-state index contributed by atoms with van der Waals surface area (Å²) in [6, 6.07) is 5.39. The topological polar surface area (TPSA) is 24.5 Å². The third-order valence-electron chi connectivity index (χ3n) is 2.80. The van der Waals surface area contributed by atoms with Crippen molar-refractivity contribution in [1.82, 2.24) is 10.2 Å². The number of rotatable bonds is 8. The van der Waals surface area contributed by atoms with Crippen LogP contribution in [0.1, 0.15) is 11.1 Å². The van der Waals surface area contributed by atoms with E-state index in [0.29, 0.717) is 6.54 Å². The molecule has 1 aromatic rings. The lowest BCUT2D eigenvalue weighted by molar-refractivity contribution is 0.197. The van der Waals surface area contributed by atoms with Crippen molar-refractivity contribution in [2.45, 2.75) is 13.5 Å². The number of halogens is 1. The molecule has 0 atom stereocenters. The molecule has 4 heteroatoms. The van der Waals surface area contributed by atoms with Crippen molar-refractivity contribution in [1.29, 1.82) is 0 Å². The normalized spacial score (nSPS) is 11.2. The van der Waals surface area contributed by atoms with E-state index in [9.17, 15) is 4.39 Å². The first-order valence-electron chi connectivity index (χ1n) is 6.26. The van der Waals surface area contributed by atoms with Gasteiger partial charge in [-0.2, -0.15) is 0 Å². The SMILES string of the molecule is COCCNCCN(C)Cc1ccc(C)cc1F. The molecule has 0 unspecified atom stereocenters. The van der Waals surface area contributed by atoms with Gasteiger partial charge in [-0.15, -0.1) is 0 Å². The van der Waals surface area contributed by atoms with E-state index in [0.717, 1.165) is 37.4 Å². The average molecular weight is 254 g/mol. The Morgan fingerprint density at radius 3 is 2.78 bits per heavy atom. The Labute approximate surface area is 109 Å². The van der Waals surface area contributed by atoms with Crippen LogP contribution >= 0.6 is 0 Å². The molecule has 0 aliphatic heterocycles. The molecule has 0 aliphatic rings. The molecule has 0 aliphatic carbocycles. The van der Waals surface area contributed by atoms with Crippen molar-refractivity contribution >= 4 is 0 Å². The van der Waals surface area contributed by atoms with Crippen molar-refractivity contribution in [2.24, 2.45) is 0 Å². The number of benzene rings is 1. The van der Waals surface area contributed by atoms with Gasteiger partial charge in [0.25, 0.3) is 0 Å². The smallest absolute Gasteiger partial charge is 0.127 e. The van der Waals surface area contributed by atoms with E-state index >= 15 is 0 Å². The largest absolute Gasteiger partial charge is 0.383 e. The number of aryl methyl sites for hydroxylation is 1. The van der Waals surface area contributed by atoms with Gasteiger partial charge in [-0.3, -0.25) is 0 Å². The van der Waals surface area contributed by atoms with E-state index in [-0.39, 0.29) is 5.82 Å². The van der Waals surface area contributed by atoms with Crippen molar-refractivity contribution < 1.29 is 9.13 Å². The molecule has 3 nitrogen and oxygen atoms in total. The van der Waals surface area contributed by atoms with E-state index < -0.39 is 0 Å². The second-order valence-electron chi connectivity index (χ2n) is 4.58. The van der Waals surface area contributed by atoms with Crippen LogP contribution in [0.5, 0.6) is 0 Å². The maximum Gasteiger partial charge on any atom is 0.127 e. The Bertz CT molecular complexity index is 358. The third-order valence-corrected chi connectivity index (χ3v) is 2.80. The van der Waals surface area contributed by atoms with Crippen molar-refractivity contribution in [2.75, 3.05) is 40.4 Å². The lowest BCUT2D eigenvalue weighted by Crippen LogP contribution is -2.30. The molecule has 0 saturated carbocycles. The van der Waals surface area contributed by atoms with Crippen LogP contribution in [-0.2, 0) is 11.3 Å². The molecule has 0 spiro atoms. The van der Waals surface area contributed by atoms with E-state index in [4.69, 9.17) is 4.74 Å². The fourth-order valence-electron chi connectivity index (χ4n) is 1.72. The summed E-state index contributed by atoms with van der Waals surface area (Å²) in [4.78, 5) is 2.10. The summed E-state index contributed by atoms with van der Waals surface area (Å²) in [5.41, 5.74) is 1.71. The number of likely N-dealkylation sites (N-methyl/N-ethyl adjacent to an activating group) is 1. The highest BCUT2D eigenvalue weighted by atomic mass is 19.1. The minimum Gasteiger partial charge on any atom is -0.383 e. The van der Waals surface area contributed by atoms with Crippen LogP contribution in [0.2, 0.25) is 0 Å². The Morgan fingerprint density at radius 2 is 2.11 bits per heavy atom. The molecule has 0 bridgehead atoms. The number of hydrogen-bond donors (Lipinski definition) is 1. The maximum atomic E-state index is 13.6. The van der Waals surface area contributed by atoms with Gasteiger partial charge in [0.1, 0.15) is 5.82 Å². The Morgan fingerprint density at radius 1 is 1.33 bits per heavy atom. The predicted molar refractivity (Wildman–Crippen MR) is 72.2 cm³/mol. The highest BCUT2D eigenvalue weighted by molar-refractivity contribution is 5.23. The molecule has 0 amide bonds. The zero-order valence-electron chi connectivity index (χ0n) is 11.5. The Kier molecular flexibility index (Phi) is 6.86. The highest BCUT2D eigenvalue weighted by Gasteiger charge is 2.05. The van der Waals surface area contributed by atoms with Gasteiger partial charge in [0, 0.05) is 38.9 Å². The van der Waals surface area contributed by atoms with Crippen molar-refractivity contribution in [3.05, 3.63) is 35.1 Å². The molecule has 102 valence electrons. The van der Waals surface area contributed by atoms with Crippen LogP contribution in [0, 0.1) is 12.7 Å². The van der Waals surface area contributed by atoms with E-state index in [1.165, 1.54) is 0 Å². The number of hydrogen-bond acceptors (Lipinski definition) is 3. The summed E-state index contributed by atoms with van der Waals surface area (Å²) in [5.74, 6) is -0.116. The molecule has 0 fully saturated rings. The van der Waals surface area contributed by atoms with Gasteiger partial charge in [0.2, 0.25) is 0 Å². The minimum absolute atomic E-state index is 0.116. The number of nitrogens with zero attached hydrogens (tertiary/aromatic N) is 1. The van der Waals surface area contributed by atoms with Crippen LogP contribution in [-0.4, -0.2) is 45.3 Å². The summed E-state index contributed by atoms with van der Waals surface area (Å²) in [6.07, 6.45) is 0. The van der Waals surface area contributed by atoms with Gasteiger partial charge in [-0.05, 0) is 25.6 Å². The quantitative estimate of drug-likeness (QED) is 0.716. The zero-order valence-corrected chi connectivity index (χ0v) is 11.5. The number of ether oxygens (including phenoxy) is 1. The third kappa shape index (κ3) is 5.58. The van der Waals surface area contributed by atoms with Crippen molar-refractivity contribution in [3.63, 3.8) is 0 Å². The predicted octanol–water partition coefficient (Wildman–Crippen LogP) is 1.80. The lowest BCUT2D eigenvalue weighted by atomic mass is 10.1. The molecule has 18 heavy (non-hydrogen) atoms. The number of methoxy groups -OCH3 is 1. The summed E-state index contributed by atoms with van der Waals surface area (Å²) in [5, 5.41) is 3.27. The molecule has 1 rings (SSSR count). The summed E-state index contributed by atoms with van der Waals surface area (Å²) in [6.45, 7) is 5.87. The molecule has 0 aromatic heterocycles. The molecule has 1 N–H and O–H groups in total. The molecule has 0 saturated heterocycles. The summed E-state index contributed by atoms with van der Waals surface area (Å²) >= 11 is 0. The monoisotopic (exact) mass is 254 g/mol. The first-order chi connectivity index (χ1) is 8.63. The fourth-order valence-corrected chi connectivity index (χ4v) is 1.72. The standard InChI is InChI=1S/C14H23FN2O/c1-12-4-5-13(14(15)10-12)11-17(2)8-6-16-7-9-18-3/h4-5,10,16H,6-9,11H2,1-3H3. The van der Waals surface area contributed by atoms with E-state index in [1.54, 1.807) is 13.2 Å². The minimum atomic E-state index is -0.116. The first-order valence-corrected chi connectivity index (χ1v) is 6.26. The van der Waals surface area contributed by atoms with Crippen LogP contribution in [0.3, 0.4) is 0 Å². The molecule has 1 aromatic carbocycles. The van der Waals surface area contributed by atoms with Crippen LogP contribution in [0.15, 0.2) is 18.2 Å². The van der Waals surface area contributed by atoms with E-state index in [2.05, 4.69) is 10.2 Å². The Hall–Kier alpha value is -0.970. The van der Waals surface area contributed by atoms with Gasteiger partial charge in [0.05, 0.1) is 6.61 Å². The molecular formula is C14H23FN2O. The average Bonchev–Trinajstić information content (AvgIpc) is 2.32. The second kappa shape index (κ2) is 8.19. The lowest BCUT2D eigenvalue weighted by Gasteiger charge is -2.17. The number of nitrogens with one attached hydrogen (secondary N) is 1. The van der Waals surface area contributed by atoms with Crippen LogP contribution < -0.4 is 5.32 Å². The van der Waals surface area contributed by atoms with Crippen LogP contribution in [0.4, 0.5) is 4.39 Å². The molecule has 0 heterocycles. The fraction of sp³-hybridized carbons (Fsp3) is 0.571. The van der Waals surface area contributed by atoms with Gasteiger partial charge < -0.3 is 15.0 Å². The second-order valence-corrected chi connectivity index (χ2v) is 4.58. The zero-order chi connectivity index (χ0) is 13.4. The van der Waals surface area contributed by atoms with Gasteiger partial charge in [0.15, 0.2) is 0 Å². The first kappa shape index (κ1) is 15.1. The van der Waals surface area contributed by atoms with E-state index in [1.807, 2.05) is 26.1 Å². The van der Waals surface area contributed by atoms with Gasteiger partial charge in [-0.25, -0.2) is 4.39 Å². The van der Waals surface area contributed by atoms with Gasteiger partial charge in [-0.1, -0.05) is 12.1 Å². The highest BCUT2D eigenvalue weighted by Crippen LogP contribution is 2.11. The molecule has 0 radical (unpaired) electrons. The summed E-state index contributed by atoms with van der Waals surface area (Å²) < 4.78 is 18.6. The maximum absolute atomic E-state index is 13.6.